The Balaban J connectivity index is 2.07. The first-order chi connectivity index (χ1) is 15.9. The highest BCUT2D eigenvalue weighted by molar-refractivity contribution is 7.91. The second-order valence-corrected chi connectivity index (χ2v) is 11.1. The minimum Gasteiger partial charge on any atom is -0.508 e. The number of hydrogen-bond donors (Lipinski definition) is 2. The van der Waals surface area contributed by atoms with Crippen molar-refractivity contribution < 1.29 is 18.6 Å². The molecular weight excluding hydrogens is 432 g/mol. The molecule has 2 aromatic rings. The molecule has 33 heavy (non-hydrogen) atoms. The Labute approximate surface area is 201 Å². The largest absolute Gasteiger partial charge is 0.508 e. The monoisotopic (exact) mass is 474 g/mol. The van der Waals surface area contributed by atoms with Gasteiger partial charge in [0.1, 0.15) is 11.5 Å². The summed E-state index contributed by atoms with van der Waals surface area (Å²) in [6, 6.07) is 9.12. The van der Waals surface area contributed by atoms with Crippen molar-refractivity contribution in [1.82, 2.24) is 0 Å². The molecule has 2 N–H and O–H groups in total. The normalized spacial score (nSPS) is 11.7. The summed E-state index contributed by atoms with van der Waals surface area (Å²) < 4.78 is 26.6. The molecule has 5 heteroatoms. The van der Waals surface area contributed by atoms with E-state index in [2.05, 4.69) is 13.8 Å². The quantitative estimate of drug-likeness (QED) is 0.244. The van der Waals surface area contributed by atoms with Gasteiger partial charge in [0, 0.05) is 0 Å². The molecule has 0 fully saturated rings. The Morgan fingerprint density at radius 3 is 1.33 bits per heavy atom. The molecule has 0 aliphatic rings. The molecule has 4 nitrogen and oxygen atoms in total. The first-order valence-corrected chi connectivity index (χ1v) is 14.3. The summed E-state index contributed by atoms with van der Waals surface area (Å²) >= 11 is 0. The molecule has 0 amide bonds. The molecule has 0 aromatic heterocycles. The van der Waals surface area contributed by atoms with Crippen LogP contribution in [0.15, 0.2) is 46.2 Å². The summed E-state index contributed by atoms with van der Waals surface area (Å²) in [6.45, 7) is 4.38. The third kappa shape index (κ3) is 8.69. The van der Waals surface area contributed by atoms with E-state index in [1.807, 2.05) is 0 Å². The van der Waals surface area contributed by atoms with E-state index < -0.39 is 9.84 Å². The SMILES string of the molecule is CCCCCCCCc1cc(S(=O)(=O)c2ccc(O)c(CCCCCCCC)c2)ccc1O. The lowest BCUT2D eigenvalue weighted by Crippen LogP contribution is -2.04. The molecule has 2 rings (SSSR count). The van der Waals surface area contributed by atoms with Crippen LogP contribution in [-0.4, -0.2) is 18.6 Å². The van der Waals surface area contributed by atoms with Crippen LogP contribution >= 0.6 is 0 Å². The summed E-state index contributed by atoms with van der Waals surface area (Å²) in [5.41, 5.74) is 1.36. The summed E-state index contributed by atoms with van der Waals surface area (Å²) in [5, 5.41) is 20.5. The Hall–Kier alpha value is -2.01. The van der Waals surface area contributed by atoms with Crippen molar-refractivity contribution in [2.75, 3.05) is 0 Å². The lowest BCUT2D eigenvalue weighted by atomic mass is 10.0. The standard InChI is InChI=1S/C28H42O4S/c1-3-5-7-9-11-13-15-23-21-25(17-19-27(23)29)33(31,32)26-18-20-28(30)24(22-26)16-14-12-10-8-6-4-2/h17-22,29-30H,3-16H2,1-2H3. The van der Waals surface area contributed by atoms with Gasteiger partial charge in [0.2, 0.25) is 9.84 Å². The fourth-order valence-corrected chi connectivity index (χ4v) is 5.55. The van der Waals surface area contributed by atoms with Crippen LogP contribution in [0.2, 0.25) is 0 Å². The topological polar surface area (TPSA) is 74.6 Å². The highest BCUT2D eigenvalue weighted by Crippen LogP contribution is 2.30. The third-order valence-electron chi connectivity index (χ3n) is 6.32. The van der Waals surface area contributed by atoms with E-state index >= 15 is 0 Å². The lowest BCUT2D eigenvalue weighted by molar-refractivity contribution is 0.465. The van der Waals surface area contributed by atoms with Crippen molar-refractivity contribution >= 4 is 9.84 Å². The van der Waals surface area contributed by atoms with Gasteiger partial charge in [0.05, 0.1) is 9.79 Å². The average molecular weight is 475 g/mol. The van der Waals surface area contributed by atoms with E-state index in [0.29, 0.717) is 24.0 Å². The molecule has 0 saturated heterocycles. The summed E-state index contributed by atoms with van der Waals surface area (Å²) in [4.78, 5) is 0.384. The van der Waals surface area contributed by atoms with Crippen LogP contribution in [0.4, 0.5) is 0 Å². The van der Waals surface area contributed by atoms with Gasteiger partial charge in [-0.2, -0.15) is 0 Å². The van der Waals surface area contributed by atoms with Gasteiger partial charge in [0.25, 0.3) is 0 Å². The van der Waals surface area contributed by atoms with Crippen LogP contribution < -0.4 is 0 Å². The van der Waals surface area contributed by atoms with E-state index in [9.17, 15) is 18.6 Å². The number of sulfone groups is 1. The molecule has 2 aromatic carbocycles. The zero-order chi connectivity index (χ0) is 24.1. The van der Waals surface area contributed by atoms with Crippen LogP contribution in [-0.2, 0) is 22.7 Å². The van der Waals surface area contributed by atoms with Crippen LogP contribution in [0.25, 0.3) is 0 Å². The second-order valence-electron chi connectivity index (χ2n) is 9.12. The highest BCUT2D eigenvalue weighted by Gasteiger charge is 2.20. The molecule has 0 bridgehead atoms. The molecule has 0 aliphatic heterocycles. The highest BCUT2D eigenvalue weighted by atomic mass is 32.2. The van der Waals surface area contributed by atoms with Crippen molar-refractivity contribution in [3.8, 4) is 11.5 Å². The van der Waals surface area contributed by atoms with E-state index in [1.165, 1.54) is 75.6 Å². The molecule has 0 radical (unpaired) electrons. The molecular formula is C28H42O4S. The van der Waals surface area contributed by atoms with E-state index in [0.717, 1.165) is 25.7 Å². The van der Waals surface area contributed by atoms with Gasteiger partial charge >= 0.3 is 0 Å². The maximum absolute atomic E-state index is 13.3. The molecule has 0 saturated carbocycles. The number of rotatable bonds is 16. The zero-order valence-electron chi connectivity index (χ0n) is 20.5. The third-order valence-corrected chi connectivity index (χ3v) is 8.07. The number of aryl methyl sites for hydroxylation is 2. The molecule has 184 valence electrons. The van der Waals surface area contributed by atoms with Crippen LogP contribution in [0.5, 0.6) is 11.5 Å². The van der Waals surface area contributed by atoms with Gasteiger partial charge in [-0.05, 0) is 73.2 Å². The average Bonchev–Trinajstić information content (AvgIpc) is 2.80. The van der Waals surface area contributed by atoms with Crippen molar-refractivity contribution in [2.45, 2.75) is 114 Å². The van der Waals surface area contributed by atoms with Gasteiger partial charge in [-0.25, -0.2) is 8.42 Å². The molecule has 0 spiro atoms. The Morgan fingerprint density at radius 1 is 0.576 bits per heavy atom. The first kappa shape index (κ1) is 27.2. The number of phenolic OH excluding ortho intramolecular Hbond substituents is 2. The zero-order valence-corrected chi connectivity index (χ0v) is 21.3. The fourth-order valence-electron chi connectivity index (χ4n) is 4.19. The van der Waals surface area contributed by atoms with Crippen LogP contribution in [0.1, 0.15) is 102 Å². The second kappa shape index (κ2) is 14.3. The van der Waals surface area contributed by atoms with Gasteiger partial charge in [-0.3, -0.25) is 0 Å². The predicted molar refractivity (Wildman–Crippen MR) is 136 cm³/mol. The van der Waals surface area contributed by atoms with Crippen molar-refractivity contribution in [1.29, 1.82) is 0 Å². The molecule has 0 unspecified atom stereocenters. The Kier molecular flexibility index (Phi) is 11.8. The van der Waals surface area contributed by atoms with Gasteiger partial charge in [-0.15, -0.1) is 0 Å². The van der Waals surface area contributed by atoms with E-state index in [1.54, 1.807) is 12.1 Å². The van der Waals surface area contributed by atoms with Crippen molar-refractivity contribution in [3.05, 3.63) is 47.5 Å². The maximum atomic E-state index is 13.3. The van der Waals surface area contributed by atoms with E-state index in [4.69, 9.17) is 0 Å². The number of phenols is 2. The van der Waals surface area contributed by atoms with Crippen LogP contribution in [0, 0.1) is 0 Å². The fraction of sp³-hybridized carbons (Fsp3) is 0.571. The summed E-state index contributed by atoms with van der Waals surface area (Å²) in [6.07, 6.45) is 15.0. The van der Waals surface area contributed by atoms with Crippen molar-refractivity contribution in [3.63, 3.8) is 0 Å². The van der Waals surface area contributed by atoms with Crippen LogP contribution in [0.3, 0.4) is 0 Å². The smallest absolute Gasteiger partial charge is 0.206 e. The molecule has 0 atom stereocenters. The Bertz CT molecular complexity index is 879. The number of benzene rings is 2. The van der Waals surface area contributed by atoms with E-state index in [-0.39, 0.29) is 21.3 Å². The maximum Gasteiger partial charge on any atom is 0.206 e. The number of aromatic hydroxyl groups is 2. The number of unbranched alkanes of at least 4 members (excludes halogenated alkanes) is 10. The lowest BCUT2D eigenvalue weighted by Gasteiger charge is -2.11. The predicted octanol–water partition coefficient (Wildman–Crippen LogP) is 7.74. The number of hydrogen-bond acceptors (Lipinski definition) is 4. The van der Waals surface area contributed by atoms with Gasteiger partial charge in [-0.1, -0.05) is 78.1 Å². The summed E-state index contributed by atoms with van der Waals surface area (Å²) in [7, 11) is -3.72. The van der Waals surface area contributed by atoms with Gasteiger partial charge in [0.15, 0.2) is 0 Å². The minimum atomic E-state index is -3.72. The molecule has 0 heterocycles. The Morgan fingerprint density at radius 2 is 0.939 bits per heavy atom. The minimum absolute atomic E-state index is 0.150. The first-order valence-electron chi connectivity index (χ1n) is 12.8. The van der Waals surface area contributed by atoms with Crippen molar-refractivity contribution in [2.24, 2.45) is 0 Å². The van der Waals surface area contributed by atoms with Gasteiger partial charge < -0.3 is 10.2 Å². The molecule has 0 aliphatic carbocycles. The summed E-state index contributed by atoms with van der Waals surface area (Å²) in [5.74, 6) is 0.300.